The molecule has 1 heterocycles. The molecule has 1 aliphatic heterocycles. The minimum atomic E-state index is -0.739. The van der Waals surface area contributed by atoms with E-state index >= 15 is 0 Å². The molecule has 0 aromatic carbocycles. The normalized spacial score (nSPS) is 24.7. The van der Waals surface area contributed by atoms with Crippen molar-refractivity contribution in [1.29, 1.82) is 0 Å². The second kappa shape index (κ2) is 2.62. The highest BCUT2D eigenvalue weighted by Gasteiger charge is 2.24. The van der Waals surface area contributed by atoms with Gasteiger partial charge in [0.25, 0.3) is 6.04 Å². The summed E-state index contributed by atoms with van der Waals surface area (Å²) in [4.78, 5) is 10.1. The predicted octanol–water partition coefficient (Wildman–Crippen LogP) is 0.958. The summed E-state index contributed by atoms with van der Waals surface area (Å²) in [5, 5.41) is 18.2. The van der Waals surface area contributed by atoms with Crippen molar-refractivity contribution in [1.82, 2.24) is 0 Å². The molecule has 1 aliphatic carbocycles. The summed E-state index contributed by atoms with van der Waals surface area (Å²) >= 11 is 0. The van der Waals surface area contributed by atoms with Crippen LogP contribution in [0.5, 0.6) is 0 Å². The Balaban J connectivity index is 2.36. The maximum absolute atomic E-state index is 10.5. The van der Waals surface area contributed by atoms with E-state index in [-0.39, 0.29) is 4.92 Å². The number of hydrogen-bond acceptors (Lipinski definition) is 4. The van der Waals surface area contributed by atoms with Gasteiger partial charge in [0.1, 0.15) is 0 Å². The van der Waals surface area contributed by atoms with Crippen LogP contribution in [0.25, 0.3) is 0 Å². The van der Waals surface area contributed by atoms with Gasteiger partial charge in [0.05, 0.1) is 11.4 Å². The molecule has 0 aromatic heterocycles. The number of hydrogen-bond donors (Lipinski definition) is 0. The van der Waals surface area contributed by atoms with E-state index in [1.54, 1.807) is 19.1 Å². The molecular weight excluding hydrogens is 170 g/mol. The highest BCUT2D eigenvalue weighted by atomic mass is 16.6. The summed E-state index contributed by atoms with van der Waals surface area (Å²) < 4.78 is 0. The maximum Gasteiger partial charge on any atom is 0.250 e. The van der Waals surface area contributed by atoms with Crippen molar-refractivity contribution < 1.29 is 4.92 Å². The third-order valence-corrected chi connectivity index (χ3v) is 2.01. The Hall–Kier alpha value is -1.78. The fraction of sp³-hybridized carbons (Fsp3) is 0.250. The van der Waals surface area contributed by atoms with Crippen LogP contribution in [-0.4, -0.2) is 22.4 Å². The third-order valence-electron chi connectivity index (χ3n) is 2.01. The number of allylic oxidation sites excluding steroid dienone is 2. The van der Waals surface area contributed by atoms with Crippen molar-refractivity contribution in [3.63, 3.8) is 0 Å². The molecule has 0 bridgehead atoms. The van der Waals surface area contributed by atoms with E-state index in [2.05, 4.69) is 10.2 Å². The Kier molecular flexibility index (Phi) is 1.58. The van der Waals surface area contributed by atoms with Crippen molar-refractivity contribution >= 4 is 11.4 Å². The average molecular weight is 177 g/mol. The quantitative estimate of drug-likeness (QED) is 0.442. The van der Waals surface area contributed by atoms with Gasteiger partial charge in [-0.25, -0.2) is 0 Å². The number of nitro groups is 1. The van der Waals surface area contributed by atoms with E-state index in [0.29, 0.717) is 0 Å². The van der Waals surface area contributed by atoms with Gasteiger partial charge in [0, 0.05) is 16.6 Å². The molecule has 1 atom stereocenters. The lowest BCUT2D eigenvalue weighted by atomic mass is 9.98. The molecule has 13 heavy (non-hydrogen) atoms. The van der Waals surface area contributed by atoms with Crippen LogP contribution < -0.4 is 0 Å². The highest BCUT2D eigenvalue weighted by molar-refractivity contribution is 6.30. The first-order valence-corrected chi connectivity index (χ1v) is 3.85. The van der Waals surface area contributed by atoms with E-state index in [0.717, 1.165) is 17.0 Å². The van der Waals surface area contributed by atoms with Crippen LogP contribution in [0.1, 0.15) is 6.92 Å². The molecule has 2 aliphatic rings. The van der Waals surface area contributed by atoms with Crippen LogP contribution in [0.15, 0.2) is 34.0 Å². The van der Waals surface area contributed by atoms with Gasteiger partial charge in [0.2, 0.25) is 0 Å². The summed E-state index contributed by atoms with van der Waals surface area (Å²) in [5.74, 6) is 0. The van der Waals surface area contributed by atoms with Crippen LogP contribution in [0.2, 0.25) is 0 Å². The van der Waals surface area contributed by atoms with E-state index in [9.17, 15) is 10.1 Å². The molecule has 5 nitrogen and oxygen atoms in total. The molecule has 0 fully saturated rings. The van der Waals surface area contributed by atoms with Crippen molar-refractivity contribution in [2.45, 2.75) is 13.0 Å². The summed E-state index contributed by atoms with van der Waals surface area (Å²) in [6, 6.07) is -0.739. The molecule has 0 spiro atoms. The van der Waals surface area contributed by atoms with Crippen molar-refractivity contribution in [2.75, 3.05) is 0 Å². The topological polar surface area (TPSA) is 67.9 Å². The largest absolute Gasteiger partial charge is 0.264 e. The third kappa shape index (κ3) is 1.18. The Bertz CT molecular complexity index is 390. The molecular formula is C8H7N3O2. The van der Waals surface area contributed by atoms with Gasteiger partial charge >= 0.3 is 0 Å². The zero-order valence-corrected chi connectivity index (χ0v) is 6.97. The van der Waals surface area contributed by atoms with Gasteiger partial charge in [0.15, 0.2) is 0 Å². The van der Waals surface area contributed by atoms with Crippen LogP contribution >= 0.6 is 0 Å². The molecule has 2 rings (SSSR count). The van der Waals surface area contributed by atoms with Gasteiger partial charge in [-0.3, -0.25) is 10.1 Å². The fourth-order valence-corrected chi connectivity index (χ4v) is 1.30. The number of rotatable bonds is 1. The number of nitrogens with zero attached hydrogens (tertiary/aromatic N) is 3. The Labute approximate surface area is 74.3 Å². The van der Waals surface area contributed by atoms with Gasteiger partial charge in [-0.1, -0.05) is 0 Å². The summed E-state index contributed by atoms with van der Waals surface area (Å²) in [6.07, 6.45) is 4.73. The summed E-state index contributed by atoms with van der Waals surface area (Å²) in [6.45, 7) is 1.79. The van der Waals surface area contributed by atoms with Gasteiger partial charge < -0.3 is 0 Å². The van der Waals surface area contributed by atoms with Crippen LogP contribution in [0.3, 0.4) is 0 Å². The average Bonchev–Trinajstić information content (AvgIpc) is 2.47. The van der Waals surface area contributed by atoms with E-state index < -0.39 is 6.04 Å². The first kappa shape index (κ1) is 7.85. The SMILES string of the molecule is CC1=NN=C2C=C[C@H]([N+](=O)[O-])C=C12. The first-order valence-electron chi connectivity index (χ1n) is 3.85. The van der Waals surface area contributed by atoms with Crippen LogP contribution in [-0.2, 0) is 0 Å². The van der Waals surface area contributed by atoms with Gasteiger partial charge in [-0.2, -0.15) is 10.2 Å². The maximum atomic E-state index is 10.5. The first-order chi connectivity index (χ1) is 6.18. The Morgan fingerprint density at radius 3 is 3.00 bits per heavy atom. The van der Waals surface area contributed by atoms with Crippen LogP contribution in [0.4, 0.5) is 0 Å². The summed E-state index contributed by atoms with van der Waals surface area (Å²) in [7, 11) is 0. The molecule has 66 valence electrons. The molecule has 0 saturated carbocycles. The monoisotopic (exact) mass is 177 g/mol. The standard InChI is InChI=1S/C8H7N3O2/c1-5-7-4-6(11(12)13)2-3-8(7)10-9-5/h2-4,6H,1H3/t6-/m0/s1. The minimum Gasteiger partial charge on any atom is -0.264 e. The van der Waals surface area contributed by atoms with Crippen LogP contribution in [0, 0.1) is 10.1 Å². The number of fused-ring (bicyclic) bond motifs is 1. The van der Waals surface area contributed by atoms with Gasteiger partial charge in [-0.15, -0.1) is 0 Å². The second-order valence-electron chi connectivity index (χ2n) is 2.89. The lowest BCUT2D eigenvalue weighted by molar-refractivity contribution is -0.496. The second-order valence-corrected chi connectivity index (χ2v) is 2.89. The zero-order chi connectivity index (χ0) is 9.42. The predicted molar refractivity (Wildman–Crippen MR) is 48.5 cm³/mol. The zero-order valence-electron chi connectivity index (χ0n) is 6.97. The van der Waals surface area contributed by atoms with E-state index in [1.165, 1.54) is 6.08 Å². The Morgan fingerprint density at radius 1 is 1.54 bits per heavy atom. The van der Waals surface area contributed by atoms with E-state index in [4.69, 9.17) is 0 Å². The molecule has 0 saturated heterocycles. The lowest BCUT2D eigenvalue weighted by Crippen LogP contribution is -2.20. The van der Waals surface area contributed by atoms with Crippen molar-refractivity contribution in [3.8, 4) is 0 Å². The Morgan fingerprint density at radius 2 is 2.31 bits per heavy atom. The molecule has 0 unspecified atom stereocenters. The molecule has 0 radical (unpaired) electrons. The fourth-order valence-electron chi connectivity index (χ4n) is 1.30. The highest BCUT2D eigenvalue weighted by Crippen LogP contribution is 2.17. The minimum absolute atomic E-state index is 0.341. The summed E-state index contributed by atoms with van der Waals surface area (Å²) in [5.41, 5.74) is 2.24. The smallest absolute Gasteiger partial charge is 0.250 e. The van der Waals surface area contributed by atoms with Crippen molar-refractivity contribution in [2.24, 2.45) is 10.2 Å². The molecule has 0 aromatic rings. The molecule has 5 heteroatoms. The van der Waals surface area contributed by atoms with Gasteiger partial charge in [-0.05, 0) is 19.1 Å². The van der Waals surface area contributed by atoms with Crippen molar-refractivity contribution in [3.05, 3.63) is 33.9 Å². The lowest BCUT2D eigenvalue weighted by Gasteiger charge is -2.07. The molecule has 0 N–H and O–H groups in total. The molecule has 0 amide bonds. The van der Waals surface area contributed by atoms with E-state index in [1.807, 2.05) is 0 Å².